The van der Waals surface area contributed by atoms with Gasteiger partial charge in [0.05, 0.1) is 12.4 Å². The van der Waals surface area contributed by atoms with Crippen LogP contribution in [0, 0.1) is 0 Å². The topological polar surface area (TPSA) is 75.5 Å². The molecule has 6 nitrogen and oxygen atoms in total. The molecule has 1 fully saturated rings. The summed E-state index contributed by atoms with van der Waals surface area (Å²) in [5.41, 5.74) is -0.0876. The number of nitrogens with zero attached hydrogens (tertiary/aromatic N) is 3. The van der Waals surface area contributed by atoms with Crippen LogP contribution in [0.4, 0.5) is 0 Å². The average Bonchev–Trinajstić information content (AvgIpc) is 2.32. The molecule has 0 aliphatic carbocycles. The molecule has 2 heterocycles. The molecular formula is C11H15N3O3. The molecule has 2 rings (SSSR count). The number of aromatic nitrogens is 2. The molecule has 0 atom stereocenters. The van der Waals surface area contributed by atoms with Crippen molar-refractivity contribution in [1.82, 2.24) is 14.9 Å². The Hall–Kier alpha value is -1.69. The van der Waals surface area contributed by atoms with E-state index in [0.717, 1.165) is 25.9 Å². The lowest BCUT2D eigenvalue weighted by Crippen LogP contribution is -2.35. The number of carbonyl (C=O) groups is 1. The molecule has 0 aromatic carbocycles. The van der Waals surface area contributed by atoms with Crippen molar-refractivity contribution < 1.29 is 14.6 Å². The Morgan fingerprint density at radius 3 is 2.82 bits per heavy atom. The third-order valence-electron chi connectivity index (χ3n) is 2.78. The summed E-state index contributed by atoms with van der Waals surface area (Å²) in [4.78, 5) is 20.7. The van der Waals surface area contributed by atoms with E-state index in [9.17, 15) is 4.79 Å². The van der Waals surface area contributed by atoms with Crippen LogP contribution in [0.5, 0.6) is 5.88 Å². The van der Waals surface area contributed by atoms with Crippen LogP contribution in [0.15, 0.2) is 12.4 Å². The van der Waals surface area contributed by atoms with Crippen LogP contribution >= 0.6 is 0 Å². The number of carboxylic acid groups (broad SMARTS) is 1. The highest BCUT2D eigenvalue weighted by Crippen LogP contribution is 2.15. The van der Waals surface area contributed by atoms with Crippen LogP contribution in [-0.2, 0) is 0 Å². The summed E-state index contributed by atoms with van der Waals surface area (Å²) in [6, 6.07) is 0. The van der Waals surface area contributed by atoms with Crippen LogP contribution < -0.4 is 4.74 Å². The maximum absolute atomic E-state index is 10.7. The number of aromatic carboxylic acids is 1. The first-order chi connectivity index (χ1) is 8.15. The first-order valence-electron chi connectivity index (χ1n) is 5.55. The van der Waals surface area contributed by atoms with Gasteiger partial charge in [-0.2, -0.15) is 0 Å². The highest BCUT2D eigenvalue weighted by Gasteiger charge is 2.19. The molecule has 6 heteroatoms. The summed E-state index contributed by atoms with van der Waals surface area (Å²) >= 11 is 0. The van der Waals surface area contributed by atoms with Gasteiger partial charge in [-0.3, -0.25) is 4.98 Å². The molecule has 1 aliphatic heterocycles. The number of rotatable bonds is 3. The number of hydrogen-bond donors (Lipinski definition) is 1. The Bertz CT molecular complexity index is 403. The molecule has 1 aliphatic rings. The highest BCUT2D eigenvalue weighted by molar-refractivity contribution is 5.84. The zero-order valence-corrected chi connectivity index (χ0v) is 9.67. The van der Waals surface area contributed by atoms with E-state index in [1.165, 1.54) is 12.4 Å². The van der Waals surface area contributed by atoms with Crippen molar-refractivity contribution in [1.29, 1.82) is 0 Å². The van der Waals surface area contributed by atoms with E-state index in [2.05, 4.69) is 21.9 Å². The van der Waals surface area contributed by atoms with E-state index in [-0.39, 0.29) is 11.8 Å². The fourth-order valence-corrected chi connectivity index (χ4v) is 1.78. The lowest BCUT2D eigenvalue weighted by atomic mass is 10.1. The van der Waals surface area contributed by atoms with E-state index < -0.39 is 5.97 Å². The Morgan fingerprint density at radius 1 is 1.47 bits per heavy atom. The van der Waals surface area contributed by atoms with Crippen LogP contribution in [0.2, 0.25) is 0 Å². The van der Waals surface area contributed by atoms with Crippen molar-refractivity contribution in [2.75, 3.05) is 20.1 Å². The van der Waals surface area contributed by atoms with Crippen LogP contribution in [0.1, 0.15) is 23.3 Å². The van der Waals surface area contributed by atoms with Gasteiger partial charge < -0.3 is 14.7 Å². The van der Waals surface area contributed by atoms with Crippen molar-refractivity contribution >= 4 is 5.97 Å². The van der Waals surface area contributed by atoms with Gasteiger partial charge in [0.1, 0.15) is 6.10 Å². The second kappa shape index (κ2) is 5.09. The summed E-state index contributed by atoms with van der Waals surface area (Å²) in [5, 5.41) is 8.79. The van der Waals surface area contributed by atoms with Crippen molar-refractivity contribution in [3.8, 4) is 5.88 Å². The summed E-state index contributed by atoms with van der Waals surface area (Å²) < 4.78 is 5.63. The minimum absolute atomic E-state index is 0.0876. The van der Waals surface area contributed by atoms with Gasteiger partial charge in [0.25, 0.3) is 0 Å². The van der Waals surface area contributed by atoms with Gasteiger partial charge in [-0.25, -0.2) is 9.78 Å². The number of likely N-dealkylation sites (tertiary alicyclic amines) is 1. The molecule has 0 bridgehead atoms. The maximum atomic E-state index is 10.7. The standard InChI is InChI=1S/C11H15N3O3/c1-14-4-2-8(3-5-14)17-10-7-12-6-9(13-10)11(15)16/h6-8H,2-5H2,1H3,(H,15,16). The zero-order valence-electron chi connectivity index (χ0n) is 9.67. The first kappa shape index (κ1) is 11.8. The minimum Gasteiger partial charge on any atom is -0.476 e. The van der Waals surface area contributed by atoms with Crippen LogP contribution in [0.3, 0.4) is 0 Å². The second-order valence-electron chi connectivity index (χ2n) is 4.17. The maximum Gasteiger partial charge on any atom is 0.356 e. The summed E-state index contributed by atoms with van der Waals surface area (Å²) in [7, 11) is 2.07. The molecule has 92 valence electrons. The molecule has 0 spiro atoms. The number of ether oxygens (including phenoxy) is 1. The smallest absolute Gasteiger partial charge is 0.356 e. The van der Waals surface area contributed by atoms with Gasteiger partial charge in [-0.1, -0.05) is 0 Å². The van der Waals surface area contributed by atoms with Crippen molar-refractivity contribution in [2.24, 2.45) is 0 Å². The molecule has 17 heavy (non-hydrogen) atoms. The first-order valence-corrected chi connectivity index (χ1v) is 5.55. The van der Waals surface area contributed by atoms with Gasteiger partial charge in [-0.15, -0.1) is 0 Å². The lowest BCUT2D eigenvalue weighted by molar-refractivity contribution is 0.0684. The highest BCUT2D eigenvalue weighted by atomic mass is 16.5. The van der Waals surface area contributed by atoms with Crippen LogP contribution in [-0.4, -0.2) is 52.2 Å². The SMILES string of the molecule is CN1CCC(Oc2cncc(C(=O)O)n2)CC1. The molecule has 1 N–H and O–H groups in total. The van der Waals surface area contributed by atoms with E-state index in [1.54, 1.807) is 0 Å². The van der Waals surface area contributed by atoms with Gasteiger partial charge in [0.2, 0.25) is 5.88 Å². The molecule has 1 aromatic heterocycles. The molecule has 0 saturated carbocycles. The molecule has 1 saturated heterocycles. The van der Waals surface area contributed by atoms with Crippen molar-refractivity contribution in [2.45, 2.75) is 18.9 Å². The fraction of sp³-hybridized carbons (Fsp3) is 0.545. The summed E-state index contributed by atoms with van der Waals surface area (Å²) in [6.45, 7) is 1.97. The molecule has 1 aromatic rings. The van der Waals surface area contributed by atoms with E-state index in [1.807, 2.05) is 0 Å². The van der Waals surface area contributed by atoms with Crippen LogP contribution in [0.25, 0.3) is 0 Å². The van der Waals surface area contributed by atoms with Gasteiger partial charge in [0, 0.05) is 13.1 Å². The lowest BCUT2D eigenvalue weighted by Gasteiger charge is -2.28. The molecule has 0 unspecified atom stereocenters. The van der Waals surface area contributed by atoms with Gasteiger partial charge in [0.15, 0.2) is 5.69 Å². The molecule has 0 radical (unpaired) electrons. The summed E-state index contributed by atoms with van der Waals surface area (Å²) in [6.07, 6.45) is 4.61. The van der Waals surface area contributed by atoms with Gasteiger partial charge >= 0.3 is 5.97 Å². The minimum atomic E-state index is -1.09. The Kier molecular flexibility index (Phi) is 3.53. The molecular weight excluding hydrogens is 222 g/mol. The largest absolute Gasteiger partial charge is 0.476 e. The Balaban J connectivity index is 1.98. The number of carboxylic acids is 1. The predicted molar refractivity (Wildman–Crippen MR) is 60.1 cm³/mol. The molecule has 0 amide bonds. The van der Waals surface area contributed by atoms with E-state index in [0.29, 0.717) is 5.88 Å². The third-order valence-corrected chi connectivity index (χ3v) is 2.78. The van der Waals surface area contributed by atoms with E-state index in [4.69, 9.17) is 9.84 Å². The van der Waals surface area contributed by atoms with Crippen molar-refractivity contribution in [3.05, 3.63) is 18.1 Å². The fourth-order valence-electron chi connectivity index (χ4n) is 1.78. The van der Waals surface area contributed by atoms with Crippen molar-refractivity contribution in [3.63, 3.8) is 0 Å². The normalized spacial score (nSPS) is 17.9. The Morgan fingerprint density at radius 2 is 2.18 bits per heavy atom. The monoisotopic (exact) mass is 237 g/mol. The Labute approximate surface area is 99.2 Å². The number of piperidine rings is 1. The number of hydrogen-bond acceptors (Lipinski definition) is 5. The quantitative estimate of drug-likeness (QED) is 0.831. The third kappa shape index (κ3) is 3.13. The second-order valence-corrected chi connectivity index (χ2v) is 4.17. The van der Waals surface area contributed by atoms with Gasteiger partial charge in [-0.05, 0) is 19.9 Å². The zero-order chi connectivity index (χ0) is 12.3. The average molecular weight is 237 g/mol. The summed E-state index contributed by atoms with van der Waals surface area (Å²) in [5.74, 6) is -0.800. The van der Waals surface area contributed by atoms with E-state index >= 15 is 0 Å². The predicted octanol–water partition coefficient (Wildman–Crippen LogP) is 0.648.